The number of carbonyl (C=O) groups is 1. The van der Waals surface area contributed by atoms with Gasteiger partial charge in [0.05, 0.1) is 5.69 Å². The van der Waals surface area contributed by atoms with Gasteiger partial charge in [0.25, 0.3) is 5.89 Å². The van der Waals surface area contributed by atoms with E-state index >= 15 is 0 Å². The van der Waals surface area contributed by atoms with Gasteiger partial charge in [0.15, 0.2) is 6.61 Å². The fourth-order valence-electron chi connectivity index (χ4n) is 1.69. The first-order valence-electron chi connectivity index (χ1n) is 6.31. The van der Waals surface area contributed by atoms with Crippen molar-refractivity contribution in [1.82, 2.24) is 15.3 Å². The number of hydrogen-bond acceptors (Lipinski definition) is 7. The van der Waals surface area contributed by atoms with E-state index in [1.54, 1.807) is 31.2 Å². The molecule has 0 atom stereocenters. The molecule has 2 heterocycles. The predicted octanol–water partition coefficient (Wildman–Crippen LogP) is 3.04. The number of nitrogens with zero attached hydrogens (tertiary/aromatic N) is 3. The summed E-state index contributed by atoms with van der Waals surface area (Å²) in [5, 5.41) is 8.03. The van der Waals surface area contributed by atoms with Gasteiger partial charge in [0.1, 0.15) is 0 Å². The maximum atomic E-state index is 11.7. The maximum absolute atomic E-state index is 11.7. The highest BCUT2D eigenvalue weighted by atomic mass is 35.5. The van der Waals surface area contributed by atoms with Crippen molar-refractivity contribution in [3.63, 3.8) is 0 Å². The minimum absolute atomic E-state index is 0.0231. The van der Waals surface area contributed by atoms with Gasteiger partial charge < -0.3 is 13.8 Å². The van der Waals surface area contributed by atoms with Crippen molar-refractivity contribution in [2.24, 2.45) is 0 Å². The van der Waals surface area contributed by atoms with Crippen LogP contribution in [0.1, 0.15) is 22.1 Å². The number of aromatic nitrogens is 3. The molecule has 8 heteroatoms. The Morgan fingerprint density at radius 1 is 1.23 bits per heavy atom. The Morgan fingerprint density at radius 3 is 2.68 bits per heavy atom. The van der Waals surface area contributed by atoms with Gasteiger partial charge in [-0.3, -0.25) is 0 Å². The normalized spacial score (nSPS) is 10.6. The lowest BCUT2D eigenvalue weighted by molar-refractivity contribution is 0.0383. The molecule has 0 aliphatic heterocycles. The lowest BCUT2D eigenvalue weighted by atomic mass is 10.2. The van der Waals surface area contributed by atoms with Gasteiger partial charge in [-0.15, -0.1) is 0 Å². The average Bonchev–Trinajstić information content (AvgIpc) is 3.15. The standard InChI is InChI=1S/C14H10ClN3O4/c1-8-6-11(21-17-8)14(19)20-7-12-16-13(18-22-12)9-2-4-10(15)5-3-9/h2-6H,7H2,1H3. The summed E-state index contributed by atoms with van der Waals surface area (Å²) in [6.07, 6.45) is 0. The molecule has 3 aromatic rings. The summed E-state index contributed by atoms with van der Waals surface area (Å²) in [6, 6.07) is 8.45. The van der Waals surface area contributed by atoms with Crippen LogP contribution in [0.15, 0.2) is 39.4 Å². The molecule has 3 rings (SSSR count). The number of esters is 1. The van der Waals surface area contributed by atoms with Crippen LogP contribution in [0.25, 0.3) is 11.4 Å². The smallest absolute Gasteiger partial charge is 0.377 e. The van der Waals surface area contributed by atoms with Crippen LogP contribution in [0.3, 0.4) is 0 Å². The van der Waals surface area contributed by atoms with Crippen LogP contribution in [-0.4, -0.2) is 21.3 Å². The SMILES string of the molecule is Cc1cc(C(=O)OCc2nc(-c3ccc(Cl)cc3)no2)on1. The molecular weight excluding hydrogens is 310 g/mol. The molecule has 0 unspecified atom stereocenters. The zero-order valence-electron chi connectivity index (χ0n) is 11.4. The number of carbonyl (C=O) groups excluding carboxylic acids is 1. The van der Waals surface area contributed by atoms with Gasteiger partial charge in [-0.25, -0.2) is 4.79 Å². The highest BCUT2D eigenvalue weighted by Gasteiger charge is 2.16. The van der Waals surface area contributed by atoms with Crippen LogP contribution in [0.2, 0.25) is 5.02 Å². The van der Waals surface area contributed by atoms with E-state index in [4.69, 9.17) is 25.4 Å². The van der Waals surface area contributed by atoms with Gasteiger partial charge >= 0.3 is 5.97 Å². The molecule has 0 aliphatic carbocycles. The van der Waals surface area contributed by atoms with Crippen molar-refractivity contribution in [3.05, 3.63) is 52.7 Å². The summed E-state index contributed by atoms with van der Waals surface area (Å²) in [6.45, 7) is 1.55. The number of hydrogen-bond donors (Lipinski definition) is 0. The quantitative estimate of drug-likeness (QED) is 0.682. The van der Waals surface area contributed by atoms with Crippen LogP contribution >= 0.6 is 11.6 Å². The lowest BCUT2D eigenvalue weighted by Crippen LogP contribution is -2.04. The highest BCUT2D eigenvalue weighted by Crippen LogP contribution is 2.19. The molecular formula is C14H10ClN3O4. The molecule has 0 spiro atoms. The second-order valence-electron chi connectivity index (χ2n) is 4.43. The summed E-state index contributed by atoms with van der Waals surface area (Å²) in [4.78, 5) is 15.8. The van der Waals surface area contributed by atoms with Crippen LogP contribution in [0.4, 0.5) is 0 Å². The molecule has 0 fully saturated rings. The molecule has 0 radical (unpaired) electrons. The molecule has 0 N–H and O–H groups in total. The van der Waals surface area contributed by atoms with Crippen molar-refractivity contribution in [1.29, 1.82) is 0 Å². The molecule has 0 saturated carbocycles. The zero-order chi connectivity index (χ0) is 15.5. The number of halogens is 1. The van der Waals surface area contributed by atoms with Gasteiger partial charge in [-0.2, -0.15) is 4.98 Å². The van der Waals surface area contributed by atoms with Gasteiger partial charge in [0, 0.05) is 16.7 Å². The van der Waals surface area contributed by atoms with Crippen molar-refractivity contribution in [3.8, 4) is 11.4 Å². The van der Waals surface area contributed by atoms with Gasteiger partial charge in [0.2, 0.25) is 11.6 Å². The van der Waals surface area contributed by atoms with E-state index in [-0.39, 0.29) is 18.3 Å². The molecule has 1 aromatic carbocycles. The molecule has 112 valence electrons. The molecule has 2 aromatic heterocycles. The second kappa shape index (κ2) is 5.98. The molecule has 0 bridgehead atoms. The molecule has 0 amide bonds. The Bertz CT molecular complexity index is 795. The van der Waals surface area contributed by atoms with E-state index in [9.17, 15) is 4.79 Å². The second-order valence-corrected chi connectivity index (χ2v) is 4.86. The van der Waals surface area contributed by atoms with Crippen molar-refractivity contribution < 1.29 is 18.6 Å². The van der Waals surface area contributed by atoms with Crippen LogP contribution in [0.5, 0.6) is 0 Å². The monoisotopic (exact) mass is 319 g/mol. The van der Waals surface area contributed by atoms with Gasteiger partial charge in [-0.05, 0) is 31.2 Å². The van der Waals surface area contributed by atoms with E-state index in [1.807, 2.05) is 0 Å². The Morgan fingerprint density at radius 2 is 2.00 bits per heavy atom. The first kappa shape index (κ1) is 14.3. The minimum atomic E-state index is -0.646. The maximum Gasteiger partial charge on any atom is 0.377 e. The van der Waals surface area contributed by atoms with Crippen molar-refractivity contribution in [2.75, 3.05) is 0 Å². The summed E-state index contributed by atoms with van der Waals surface area (Å²) < 4.78 is 14.8. The number of rotatable bonds is 4. The highest BCUT2D eigenvalue weighted by molar-refractivity contribution is 6.30. The Hall–Kier alpha value is -2.67. The van der Waals surface area contributed by atoms with Crippen LogP contribution in [-0.2, 0) is 11.3 Å². The molecule has 22 heavy (non-hydrogen) atoms. The Kier molecular flexibility index (Phi) is 3.88. The van der Waals surface area contributed by atoms with E-state index < -0.39 is 5.97 Å². The number of aryl methyl sites for hydroxylation is 1. The summed E-state index contributed by atoms with van der Waals surface area (Å²) >= 11 is 5.81. The van der Waals surface area contributed by atoms with Crippen molar-refractivity contribution in [2.45, 2.75) is 13.5 Å². The number of ether oxygens (including phenoxy) is 1. The first-order chi connectivity index (χ1) is 10.6. The van der Waals surface area contributed by atoms with Gasteiger partial charge in [-0.1, -0.05) is 21.9 Å². The van der Waals surface area contributed by atoms with Crippen molar-refractivity contribution >= 4 is 17.6 Å². The Balaban J connectivity index is 1.64. The van der Waals surface area contributed by atoms with E-state index in [0.29, 0.717) is 16.5 Å². The third-order valence-electron chi connectivity index (χ3n) is 2.73. The minimum Gasteiger partial charge on any atom is -0.450 e. The largest absolute Gasteiger partial charge is 0.450 e. The average molecular weight is 320 g/mol. The third kappa shape index (κ3) is 3.15. The fourth-order valence-corrected chi connectivity index (χ4v) is 1.81. The molecule has 7 nitrogen and oxygen atoms in total. The third-order valence-corrected chi connectivity index (χ3v) is 2.98. The zero-order valence-corrected chi connectivity index (χ0v) is 12.2. The predicted molar refractivity (Wildman–Crippen MR) is 75.1 cm³/mol. The molecule has 0 saturated heterocycles. The summed E-state index contributed by atoms with van der Waals surface area (Å²) in [5.41, 5.74) is 1.34. The van der Waals surface area contributed by atoms with Crippen LogP contribution < -0.4 is 0 Å². The van der Waals surface area contributed by atoms with E-state index in [0.717, 1.165) is 5.56 Å². The first-order valence-corrected chi connectivity index (χ1v) is 6.68. The fraction of sp³-hybridized carbons (Fsp3) is 0.143. The van der Waals surface area contributed by atoms with E-state index in [1.165, 1.54) is 6.07 Å². The summed E-state index contributed by atoms with van der Waals surface area (Å²) in [7, 11) is 0. The topological polar surface area (TPSA) is 91.2 Å². The Labute approximate surface area is 129 Å². The molecule has 0 aliphatic rings. The van der Waals surface area contributed by atoms with Crippen LogP contribution in [0, 0.1) is 6.92 Å². The van der Waals surface area contributed by atoms with E-state index in [2.05, 4.69) is 15.3 Å². The number of benzene rings is 1. The summed E-state index contributed by atoms with van der Waals surface area (Å²) in [5.74, 6) is -0.0606. The lowest BCUT2D eigenvalue weighted by Gasteiger charge is -1.96.